The quantitative estimate of drug-likeness (QED) is 0.779. The second-order valence-corrected chi connectivity index (χ2v) is 3.00. The highest BCUT2D eigenvalue weighted by Crippen LogP contribution is 2.28. The lowest BCUT2D eigenvalue weighted by Crippen LogP contribution is -1.89. The molecule has 2 aromatic rings. The number of aromatic hydroxyl groups is 1. The molecule has 0 aliphatic rings. The van der Waals surface area contributed by atoms with Crippen LogP contribution in [0.15, 0.2) is 36.5 Å². The molecule has 0 saturated carbocycles. The minimum atomic E-state index is -0.620. The van der Waals surface area contributed by atoms with Crippen molar-refractivity contribution < 1.29 is 13.9 Å². The number of pyridine rings is 1. The zero-order valence-corrected chi connectivity index (χ0v) is 7.61. The van der Waals surface area contributed by atoms with Crippen LogP contribution >= 0.6 is 0 Å². The maximum atomic E-state index is 13.3. The summed E-state index contributed by atoms with van der Waals surface area (Å²) >= 11 is 0. The maximum Gasteiger partial charge on any atom is 0.141 e. The molecule has 1 aromatic heterocycles. The lowest BCUT2D eigenvalue weighted by atomic mass is 10.1. The molecule has 0 unspecified atom stereocenters. The Kier molecular flexibility index (Phi) is 2.33. The summed E-state index contributed by atoms with van der Waals surface area (Å²) in [6, 6.07) is 5.89. The average Bonchev–Trinajstić information content (AvgIpc) is 2.23. The molecule has 0 amide bonds. The number of hydrogen-bond acceptors (Lipinski definition) is 2. The SMILES string of the molecule is Oc1cccnc1-c1cc(F)ccc1F. The number of hydrogen-bond donors (Lipinski definition) is 1. The summed E-state index contributed by atoms with van der Waals surface area (Å²) in [6.45, 7) is 0. The Morgan fingerprint density at radius 1 is 1.13 bits per heavy atom. The van der Waals surface area contributed by atoms with Crippen molar-refractivity contribution in [2.75, 3.05) is 0 Å². The second kappa shape index (κ2) is 3.65. The molecular weight excluding hydrogens is 200 g/mol. The number of nitrogens with zero attached hydrogens (tertiary/aromatic N) is 1. The van der Waals surface area contributed by atoms with Crippen LogP contribution in [-0.2, 0) is 0 Å². The lowest BCUT2D eigenvalue weighted by molar-refractivity contribution is 0.474. The first-order valence-electron chi connectivity index (χ1n) is 4.28. The van der Waals surface area contributed by atoms with Crippen LogP contribution in [0.5, 0.6) is 5.75 Å². The van der Waals surface area contributed by atoms with E-state index in [1.807, 2.05) is 0 Å². The summed E-state index contributed by atoms with van der Waals surface area (Å²) in [5, 5.41) is 9.43. The third-order valence-corrected chi connectivity index (χ3v) is 1.97. The van der Waals surface area contributed by atoms with Crippen molar-refractivity contribution in [3.8, 4) is 17.0 Å². The molecule has 2 nitrogen and oxygen atoms in total. The van der Waals surface area contributed by atoms with Gasteiger partial charge >= 0.3 is 0 Å². The Labute approximate surface area is 84.8 Å². The highest BCUT2D eigenvalue weighted by atomic mass is 19.1. The zero-order valence-electron chi connectivity index (χ0n) is 7.61. The predicted molar refractivity (Wildman–Crippen MR) is 51.3 cm³/mol. The van der Waals surface area contributed by atoms with Gasteiger partial charge in [0.15, 0.2) is 0 Å². The van der Waals surface area contributed by atoms with Gasteiger partial charge in [0.05, 0.1) is 0 Å². The van der Waals surface area contributed by atoms with Gasteiger partial charge in [-0.2, -0.15) is 0 Å². The van der Waals surface area contributed by atoms with Crippen molar-refractivity contribution in [1.82, 2.24) is 4.98 Å². The highest BCUT2D eigenvalue weighted by molar-refractivity contribution is 5.66. The van der Waals surface area contributed by atoms with Crippen molar-refractivity contribution >= 4 is 0 Å². The van der Waals surface area contributed by atoms with Gasteiger partial charge < -0.3 is 5.11 Å². The standard InChI is InChI=1S/C11H7F2NO/c12-7-3-4-9(13)8(6-7)11-10(15)2-1-5-14-11/h1-6,15H. The van der Waals surface area contributed by atoms with E-state index in [0.29, 0.717) is 0 Å². The molecule has 0 aliphatic carbocycles. The van der Waals surface area contributed by atoms with Crippen LogP contribution in [0.25, 0.3) is 11.3 Å². The molecule has 0 fully saturated rings. The molecule has 0 saturated heterocycles. The zero-order chi connectivity index (χ0) is 10.8. The van der Waals surface area contributed by atoms with E-state index in [-0.39, 0.29) is 17.0 Å². The molecule has 2 rings (SSSR count). The summed E-state index contributed by atoms with van der Waals surface area (Å²) < 4.78 is 26.2. The van der Waals surface area contributed by atoms with E-state index in [1.165, 1.54) is 18.3 Å². The van der Waals surface area contributed by atoms with E-state index in [0.717, 1.165) is 18.2 Å². The summed E-state index contributed by atoms with van der Waals surface area (Å²) in [5.41, 5.74) is -0.0115. The number of benzene rings is 1. The molecule has 0 spiro atoms. The molecule has 0 radical (unpaired) electrons. The fraction of sp³-hybridized carbons (Fsp3) is 0. The van der Waals surface area contributed by atoms with Gasteiger partial charge in [0.2, 0.25) is 0 Å². The van der Waals surface area contributed by atoms with Crippen molar-refractivity contribution in [3.05, 3.63) is 48.2 Å². The van der Waals surface area contributed by atoms with Crippen molar-refractivity contribution in [3.63, 3.8) is 0 Å². The Bertz CT molecular complexity index is 500. The van der Waals surface area contributed by atoms with E-state index in [1.54, 1.807) is 0 Å². The van der Waals surface area contributed by atoms with Gasteiger partial charge in [-0.15, -0.1) is 0 Å². The Hall–Kier alpha value is -1.97. The fourth-order valence-corrected chi connectivity index (χ4v) is 1.28. The van der Waals surface area contributed by atoms with Gasteiger partial charge in [0, 0.05) is 11.8 Å². The van der Waals surface area contributed by atoms with Crippen molar-refractivity contribution in [2.24, 2.45) is 0 Å². The fourth-order valence-electron chi connectivity index (χ4n) is 1.28. The normalized spacial score (nSPS) is 10.3. The molecule has 4 heteroatoms. The van der Waals surface area contributed by atoms with Crippen LogP contribution in [0, 0.1) is 11.6 Å². The summed E-state index contributed by atoms with van der Waals surface area (Å²) in [5.74, 6) is -1.37. The number of halogens is 2. The molecule has 76 valence electrons. The lowest BCUT2D eigenvalue weighted by Gasteiger charge is -2.04. The monoisotopic (exact) mass is 207 g/mol. The van der Waals surface area contributed by atoms with Crippen LogP contribution in [0.2, 0.25) is 0 Å². The van der Waals surface area contributed by atoms with Gasteiger partial charge in [-0.25, -0.2) is 8.78 Å². The number of aromatic nitrogens is 1. The Morgan fingerprint density at radius 2 is 1.93 bits per heavy atom. The van der Waals surface area contributed by atoms with Crippen LogP contribution < -0.4 is 0 Å². The first-order chi connectivity index (χ1) is 7.18. The number of rotatable bonds is 1. The van der Waals surface area contributed by atoms with Gasteiger partial charge in [0.25, 0.3) is 0 Å². The minimum Gasteiger partial charge on any atom is -0.506 e. The smallest absolute Gasteiger partial charge is 0.141 e. The largest absolute Gasteiger partial charge is 0.506 e. The van der Waals surface area contributed by atoms with Crippen LogP contribution in [-0.4, -0.2) is 10.1 Å². The first-order valence-corrected chi connectivity index (χ1v) is 4.28. The third kappa shape index (κ3) is 1.79. The summed E-state index contributed by atoms with van der Waals surface area (Å²) in [6.07, 6.45) is 1.40. The van der Waals surface area contributed by atoms with Crippen molar-refractivity contribution in [2.45, 2.75) is 0 Å². The molecule has 0 atom stereocenters. The summed E-state index contributed by atoms with van der Waals surface area (Å²) in [7, 11) is 0. The van der Waals surface area contributed by atoms with Gasteiger partial charge in [-0.05, 0) is 30.3 Å². The molecule has 0 aliphatic heterocycles. The van der Waals surface area contributed by atoms with Crippen molar-refractivity contribution in [1.29, 1.82) is 0 Å². The topological polar surface area (TPSA) is 33.1 Å². The van der Waals surface area contributed by atoms with Gasteiger partial charge in [-0.3, -0.25) is 4.98 Å². The highest BCUT2D eigenvalue weighted by Gasteiger charge is 2.11. The second-order valence-electron chi connectivity index (χ2n) is 3.00. The molecular formula is C11H7F2NO. The van der Waals surface area contributed by atoms with E-state index in [9.17, 15) is 13.9 Å². The van der Waals surface area contributed by atoms with E-state index in [4.69, 9.17) is 0 Å². The minimum absolute atomic E-state index is 0.0366. The van der Waals surface area contributed by atoms with Gasteiger partial charge in [-0.1, -0.05) is 0 Å². The van der Waals surface area contributed by atoms with Crippen LogP contribution in [0.1, 0.15) is 0 Å². The molecule has 0 bridgehead atoms. The van der Waals surface area contributed by atoms with E-state index < -0.39 is 11.6 Å². The van der Waals surface area contributed by atoms with Crippen LogP contribution in [0.3, 0.4) is 0 Å². The average molecular weight is 207 g/mol. The Morgan fingerprint density at radius 3 is 2.67 bits per heavy atom. The van der Waals surface area contributed by atoms with Crippen LogP contribution in [0.4, 0.5) is 8.78 Å². The van der Waals surface area contributed by atoms with E-state index in [2.05, 4.69) is 4.98 Å². The maximum absolute atomic E-state index is 13.3. The third-order valence-electron chi connectivity index (χ3n) is 1.97. The molecule has 1 N–H and O–H groups in total. The predicted octanol–water partition coefficient (Wildman–Crippen LogP) is 2.73. The van der Waals surface area contributed by atoms with Gasteiger partial charge in [0.1, 0.15) is 23.1 Å². The Balaban J connectivity index is 2.64. The molecule has 1 aromatic carbocycles. The summed E-state index contributed by atoms with van der Waals surface area (Å²) in [4.78, 5) is 3.79. The first kappa shape index (κ1) is 9.58. The van der Waals surface area contributed by atoms with E-state index >= 15 is 0 Å². The molecule has 1 heterocycles. The molecule has 15 heavy (non-hydrogen) atoms.